The van der Waals surface area contributed by atoms with Gasteiger partial charge in [-0.05, 0) is 11.4 Å². The molecule has 6 heteroatoms. The minimum Gasteiger partial charge on any atom is -0.369 e. The molecule has 0 aliphatic carbocycles. The zero-order valence-corrected chi connectivity index (χ0v) is 9.87. The van der Waals surface area contributed by atoms with Gasteiger partial charge >= 0.3 is 0 Å². The number of imidazole rings is 1. The fourth-order valence-corrected chi connectivity index (χ4v) is 2.40. The highest BCUT2D eigenvalue weighted by Gasteiger charge is 2.03. The number of thiophene rings is 1. The van der Waals surface area contributed by atoms with Gasteiger partial charge in [-0.15, -0.1) is 11.3 Å². The van der Waals surface area contributed by atoms with Crippen molar-refractivity contribution >= 4 is 27.4 Å². The van der Waals surface area contributed by atoms with Crippen LogP contribution in [0, 0.1) is 0 Å². The van der Waals surface area contributed by atoms with E-state index in [1.807, 2.05) is 17.6 Å². The number of hydrogen-bond donors (Lipinski definition) is 2. The molecule has 3 heterocycles. The van der Waals surface area contributed by atoms with Crippen molar-refractivity contribution in [1.29, 1.82) is 0 Å². The average molecular weight is 245 g/mol. The third kappa shape index (κ3) is 2.12. The molecule has 0 spiro atoms. The standard InChI is InChI=1S/C11H11N5S/c1(9-12-4-5-13-9)3-14-10-8-2-6-17-11(8)16-7-15-10/h2,4-7H,1,3H2,(H,12,13)(H,14,15,16). The summed E-state index contributed by atoms with van der Waals surface area (Å²) in [4.78, 5) is 16.7. The summed E-state index contributed by atoms with van der Waals surface area (Å²) in [5.74, 6) is 1.87. The molecule has 0 unspecified atom stereocenters. The summed E-state index contributed by atoms with van der Waals surface area (Å²) in [6, 6.07) is 2.04. The highest BCUT2D eigenvalue weighted by atomic mass is 32.1. The molecule has 0 atom stereocenters. The summed E-state index contributed by atoms with van der Waals surface area (Å²) >= 11 is 1.62. The Morgan fingerprint density at radius 1 is 1.29 bits per heavy atom. The van der Waals surface area contributed by atoms with Crippen molar-refractivity contribution in [2.45, 2.75) is 6.42 Å². The van der Waals surface area contributed by atoms with E-state index >= 15 is 0 Å². The second kappa shape index (κ2) is 4.50. The van der Waals surface area contributed by atoms with Crippen molar-refractivity contribution in [1.82, 2.24) is 19.9 Å². The molecule has 17 heavy (non-hydrogen) atoms. The van der Waals surface area contributed by atoms with Crippen molar-refractivity contribution in [3.05, 3.63) is 36.0 Å². The third-order valence-corrected chi connectivity index (χ3v) is 3.29. The van der Waals surface area contributed by atoms with E-state index in [-0.39, 0.29) is 0 Å². The maximum absolute atomic E-state index is 4.25. The molecule has 5 nitrogen and oxygen atoms in total. The van der Waals surface area contributed by atoms with E-state index in [4.69, 9.17) is 0 Å². The van der Waals surface area contributed by atoms with Crippen LogP contribution < -0.4 is 5.32 Å². The molecule has 0 aliphatic heterocycles. The normalized spacial score (nSPS) is 10.8. The van der Waals surface area contributed by atoms with Gasteiger partial charge in [0.2, 0.25) is 0 Å². The predicted octanol–water partition coefficient (Wildman–Crippen LogP) is 2.07. The van der Waals surface area contributed by atoms with E-state index in [2.05, 4.69) is 25.3 Å². The first-order valence-corrected chi connectivity index (χ1v) is 6.22. The molecule has 0 amide bonds. The Balaban J connectivity index is 1.70. The van der Waals surface area contributed by atoms with Gasteiger partial charge < -0.3 is 10.3 Å². The first-order chi connectivity index (χ1) is 8.43. The van der Waals surface area contributed by atoms with Gasteiger partial charge in [-0.1, -0.05) is 0 Å². The molecule has 3 aromatic heterocycles. The van der Waals surface area contributed by atoms with Gasteiger partial charge in [0.05, 0.1) is 5.39 Å². The minimum atomic E-state index is 0.801. The molecule has 3 aromatic rings. The van der Waals surface area contributed by atoms with Crippen molar-refractivity contribution in [2.75, 3.05) is 11.9 Å². The quantitative estimate of drug-likeness (QED) is 0.738. The van der Waals surface area contributed by atoms with Gasteiger partial charge in [-0.2, -0.15) is 0 Å². The van der Waals surface area contributed by atoms with Crippen LogP contribution in [-0.4, -0.2) is 26.5 Å². The van der Waals surface area contributed by atoms with Crippen molar-refractivity contribution in [3.8, 4) is 0 Å². The molecule has 0 saturated carbocycles. The Morgan fingerprint density at radius 2 is 2.29 bits per heavy atom. The summed E-state index contributed by atoms with van der Waals surface area (Å²) in [6.07, 6.45) is 6.03. The second-order valence-corrected chi connectivity index (χ2v) is 4.47. The Morgan fingerprint density at radius 3 is 3.18 bits per heavy atom. The number of hydrogen-bond acceptors (Lipinski definition) is 5. The number of nitrogens with zero attached hydrogens (tertiary/aromatic N) is 3. The van der Waals surface area contributed by atoms with Gasteiger partial charge in [0.1, 0.15) is 22.8 Å². The molecule has 0 radical (unpaired) electrons. The molecule has 2 N–H and O–H groups in total. The van der Waals surface area contributed by atoms with Crippen molar-refractivity contribution in [3.63, 3.8) is 0 Å². The number of nitrogens with one attached hydrogen (secondary N) is 2. The molecular weight excluding hydrogens is 234 g/mol. The number of anilines is 1. The lowest BCUT2D eigenvalue weighted by Crippen LogP contribution is -2.07. The highest BCUT2D eigenvalue weighted by Crippen LogP contribution is 2.23. The van der Waals surface area contributed by atoms with Gasteiger partial charge in [0.25, 0.3) is 0 Å². The van der Waals surface area contributed by atoms with Gasteiger partial charge in [-0.25, -0.2) is 15.0 Å². The minimum absolute atomic E-state index is 0.801. The van der Waals surface area contributed by atoms with E-state index in [1.165, 1.54) is 0 Å². The topological polar surface area (TPSA) is 66.5 Å². The summed E-state index contributed by atoms with van der Waals surface area (Å²) in [7, 11) is 0. The fourth-order valence-electron chi connectivity index (χ4n) is 1.66. The van der Waals surface area contributed by atoms with E-state index in [1.54, 1.807) is 23.9 Å². The molecule has 0 fully saturated rings. The zero-order valence-electron chi connectivity index (χ0n) is 9.05. The van der Waals surface area contributed by atoms with Crippen LogP contribution >= 0.6 is 11.3 Å². The third-order valence-electron chi connectivity index (χ3n) is 2.47. The first-order valence-electron chi connectivity index (χ1n) is 5.34. The van der Waals surface area contributed by atoms with Crippen LogP contribution in [0.2, 0.25) is 0 Å². The van der Waals surface area contributed by atoms with E-state index in [9.17, 15) is 0 Å². The smallest absolute Gasteiger partial charge is 0.138 e. The Kier molecular flexibility index (Phi) is 2.71. The van der Waals surface area contributed by atoms with Crippen LogP contribution in [0.4, 0.5) is 5.82 Å². The Bertz CT molecular complexity index is 601. The molecule has 3 rings (SSSR count). The Labute approximate surface area is 102 Å². The molecule has 0 bridgehead atoms. The van der Waals surface area contributed by atoms with E-state index in [0.29, 0.717) is 0 Å². The van der Waals surface area contributed by atoms with Crippen LogP contribution in [0.5, 0.6) is 0 Å². The van der Waals surface area contributed by atoms with Crippen LogP contribution in [-0.2, 0) is 6.42 Å². The monoisotopic (exact) mass is 245 g/mol. The maximum Gasteiger partial charge on any atom is 0.138 e. The van der Waals surface area contributed by atoms with Crippen molar-refractivity contribution in [2.24, 2.45) is 0 Å². The lowest BCUT2D eigenvalue weighted by Gasteiger charge is -2.04. The fraction of sp³-hybridized carbons (Fsp3) is 0.182. The lowest BCUT2D eigenvalue weighted by molar-refractivity contribution is 0.922. The van der Waals surface area contributed by atoms with Crippen LogP contribution in [0.1, 0.15) is 5.82 Å². The van der Waals surface area contributed by atoms with Gasteiger partial charge in [0.15, 0.2) is 0 Å². The molecule has 86 valence electrons. The predicted molar refractivity (Wildman–Crippen MR) is 68.2 cm³/mol. The zero-order chi connectivity index (χ0) is 11.5. The largest absolute Gasteiger partial charge is 0.369 e. The number of fused-ring (bicyclic) bond motifs is 1. The number of aromatic nitrogens is 4. The SMILES string of the molecule is c1c[nH]c(CCNc2ncnc3sccc23)n1. The van der Waals surface area contributed by atoms with Crippen LogP contribution in [0.25, 0.3) is 10.2 Å². The summed E-state index contributed by atoms with van der Waals surface area (Å²) in [5.41, 5.74) is 0. The average Bonchev–Trinajstić information content (AvgIpc) is 2.99. The lowest BCUT2D eigenvalue weighted by atomic mass is 10.3. The summed E-state index contributed by atoms with van der Waals surface area (Å²) < 4.78 is 0. The summed E-state index contributed by atoms with van der Waals surface area (Å²) in [6.45, 7) is 0.801. The van der Waals surface area contributed by atoms with Crippen LogP contribution in [0.15, 0.2) is 30.2 Å². The maximum atomic E-state index is 4.25. The van der Waals surface area contributed by atoms with Gasteiger partial charge in [0, 0.05) is 25.4 Å². The number of rotatable bonds is 4. The molecular formula is C11H11N5S. The van der Waals surface area contributed by atoms with Crippen LogP contribution in [0.3, 0.4) is 0 Å². The number of H-pyrrole nitrogens is 1. The molecule has 0 saturated heterocycles. The second-order valence-electron chi connectivity index (χ2n) is 3.57. The molecule has 0 aliphatic rings. The Hall–Kier alpha value is -1.95. The number of aromatic amines is 1. The molecule has 0 aromatic carbocycles. The van der Waals surface area contributed by atoms with E-state index < -0.39 is 0 Å². The first kappa shape index (κ1) is 10.2. The highest BCUT2D eigenvalue weighted by molar-refractivity contribution is 7.16. The summed E-state index contributed by atoms with van der Waals surface area (Å²) in [5, 5.41) is 6.41. The van der Waals surface area contributed by atoms with Crippen molar-refractivity contribution < 1.29 is 0 Å². The van der Waals surface area contributed by atoms with E-state index in [0.717, 1.165) is 34.8 Å². The van der Waals surface area contributed by atoms with Gasteiger partial charge in [-0.3, -0.25) is 0 Å².